The van der Waals surface area contributed by atoms with Gasteiger partial charge in [0.1, 0.15) is 18.3 Å². The molecule has 206 valence electrons. The van der Waals surface area contributed by atoms with Crippen LogP contribution in [-0.4, -0.2) is 66.3 Å². The Balaban J connectivity index is 0. The van der Waals surface area contributed by atoms with Gasteiger partial charge in [-0.05, 0) is 30.9 Å². The van der Waals surface area contributed by atoms with Crippen LogP contribution in [0.2, 0.25) is 0 Å². The molecule has 3 rings (SSSR count). The summed E-state index contributed by atoms with van der Waals surface area (Å²) in [5.41, 5.74) is 1.81. The number of aliphatic carboxylic acids is 1. The van der Waals surface area contributed by atoms with E-state index in [0.29, 0.717) is 19.4 Å². The van der Waals surface area contributed by atoms with Gasteiger partial charge in [-0.1, -0.05) is 34.6 Å². The molecule has 0 aromatic carbocycles. The number of nitrogens with zero attached hydrogens (tertiary/aromatic N) is 2. The molecule has 2 amide bonds. The molecule has 10 nitrogen and oxygen atoms in total. The van der Waals surface area contributed by atoms with E-state index in [9.17, 15) is 14.4 Å². The van der Waals surface area contributed by atoms with Crippen LogP contribution in [0.5, 0.6) is 5.75 Å². The summed E-state index contributed by atoms with van der Waals surface area (Å²) in [5.74, 6) is 0.213. The van der Waals surface area contributed by atoms with Gasteiger partial charge in [-0.25, -0.2) is 9.59 Å². The molecule has 0 saturated carbocycles. The van der Waals surface area contributed by atoms with Crippen molar-refractivity contribution >= 4 is 18.0 Å². The van der Waals surface area contributed by atoms with E-state index in [1.165, 1.54) is 12.0 Å². The number of alkyl carbamates (subject to hydrolysis) is 1. The molecular formula is C27H41N3O7. The standard InChI is InChI=1S/C10H9NO2.C9H14N2O5.C4H10.C2H6.C2H2/c1-12-9-2-4-11-10(6-9)8-3-5-13-7-8;1-16-9(15)10-5-7(12)11-4-2-3-6(11)8(13)14;1-4(2)3;2*1-2/h2-7H,1H3;6H,2-5H2,1H3,(H,10,15)(H,13,14);4H,1-3H3;1-2H3;1-2H/t;6-;;;/m.0.../s1. The third-order valence-electron chi connectivity index (χ3n) is 4.21. The van der Waals surface area contributed by atoms with E-state index in [4.69, 9.17) is 14.3 Å². The zero-order valence-electron chi connectivity index (χ0n) is 22.9. The number of hydrogen-bond donors (Lipinski definition) is 2. The third-order valence-corrected chi connectivity index (χ3v) is 4.21. The van der Waals surface area contributed by atoms with Crippen molar-refractivity contribution in [2.24, 2.45) is 5.92 Å². The summed E-state index contributed by atoms with van der Waals surface area (Å²) in [5, 5.41) is 11.1. The maximum Gasteiger partial charge on any atom is 0.407 e. The summed E-state index contributed by atoms with van der Waals surface area (Å²) >= 11 is 0. The lowest BCUT2D eigenvalue weighted by molar-refractivity contribution is -0.147. The number of carbonyl (C=O) groups excluding carboxylic acids is 2. The van der Waals surface area contributed by atoms with E-state index in [1.807, 2.05) is 32.0 Å². The van der Waals surface area contributed by atoms with Gasteiger partial charge in [0, 0.05) is 24.4 Å². The Morgan fingerprint density at radius 1 is 1.22 bits per heavy atom. The van der Waals surface area contributed by atoms with Crippen LogP contribution in [0.3, 0.4) is 0 Å². The molecule has 1 aliphatic heterocycles. The van der Waals surface area contributed by atoms with Crippen LogP contribution >= 0.6 is 0 Å². The number of rotatable bonds is 5. The fourth-order valence-electron chi connectivity index (χ4n) is 2.75. The van der Waals surface area contributed by atoms with Crippen molar-refractivity contribution in [1.82, 2.24) is 15.2 Å². The Labute approximate surface area is 220 Å². The number of nitrogens with one attached hydrogen (secondary N) is 1. The molecule has 37 heavy (non-hydrogen) atoms. The molecule has 3 heterocycles. The second-order valence-electron chi connectivity index (χ2n) is 7.75. The number of carboxylic acids is 1. The second-order valence-corrected chi connectivity index (χ2v) is 7.75. The van der Waals surface area contributed by atoms with Gasteiger partial charge in [0.05, 0.1) is 32.4 Å². The van der Waals surface area contributed by atoms with Gasteiger partial charge < -0.3 is 29.2 Å². The summed E-state index contributed by atoms with van der Waals surface area (Å²) in [6, 6.07) is 4.77. The molecule has 0 radical (unpaired) electrons. The highest BCUT2D eigenvalue weighted by atomic mass is 16.5. The van der Waals surface area contributed by atoms with E-state index in [0.717, 1.165) is 22.9 Å². The van der Waals surface area contributed by atoms with Gasteiger partial charge in [-0.15, -0.1) is 12.8 Å². The number of likely N-dealkylation sites (tertiary alicyclic amines) is 1. The number of furan rings is 1. The number of hydrogen-bond acceptors (Lipinski definition) is 7. The van der Waals surface area contributed by atoms with Crippen LogP contribution in [0, 0.1) is 18.8 Å². The normalized spacial score (nSPS) is 13.0. The number of methoxy groups -OCH3 is 2. The predicted octanol–water partition coefficient (Wildman–Crippen LogP) is 4.71. The molecule has 1 saturated heterocycles. The van der Waals surface area contributed by atoms with Crippen molar-refractivity contribution in [3.63, 3.8) is 0 Å². The summed E-state index contributed by atoms with van der Waals surface area (Å²) < 4.78 is 14.3. The minimum atomic E-state index is -1.01. The lowest BCUT2D eigenvalue weighted by Crippen LogP contribution is -2.45. The monoisotopic (exact) mass is 519 g/mol. The quantitative estimate of drug-likeness (QED) is 0.543. The van der Waals surface area contributed by atoms with Gasteiger partial charge >= 0.3 is 12.1 Å². The molecule has 1 atom stereocenters. The maximum atomic E-state index is 11.6. The molecule has 1 aliphatic rings. The topological polar surface area (TPSA) is 131 Å². The Kier molecular flexibility index (Phi) is 20.2. The van der Waals surface area contributed by atoms with Crippen LogP contribution in [0.4, 0.5) is 4.79 Å². The minimum Gasteiger partial charge on any atom is -0.497 e. The van der Waals surface area contributed by atoms with Gasteiger partial charge in [0.15, 0.2) is 0 Å². The lowest BCUT2D eigenvalue weighted by Gasteiger charge is -2.21. The van der Waals surface area contributed by atoms with Crippen molar-refractivity contribution in [2.75, 3.05) is 27.3 Å². The van der Waals surface area contributed by atoms with Crippen LogP contribution in [-0.2, 0) is 14.3 Å². The summed E-state index contributed by atoms with van der Waals surface area (Å²) in [6.45, 7) is 10.7. The van der Waals surface area contributed by atoms with Crippen LogP contribution in [0.25, 0.3) is 11.3 Å². The van der Waals surface area contributed by atoms with Crippen molar-refractivity contribution in [1.29, 1.82) is 0 Å². The molecule has 10 heteroatoms. The van der Waals surface area contributed by atoms with Gasteiger partial charge in [-0.3, -0.25) is 9.78 Å². The van der Waals surface area contributed by atoms with Crippen molar-refractivity contribution in [2.45, 2.75) is 53.5 Å². The average Bonchev–Trinajstić information content (AvgIpc) is 3.62. The first-order valence-corrected chi connectivity index (χ1v) is 11.9. The largest absolute Gasteiger partial charge is 0.497 e. The van der Waals surface area contributed by atoms with Crippen molar-refractivity contribution in [3.05, 3.63) is 36.9 Å². The predicted molar refractivity (Wildman–Crippen MR) is 143 cm³/mol. The first kappa shape index (κ1) is 35.2. The molecule has 0 spiro atoms. The summed E-state index contributed by atoms with van der Waals surface area (Å²) in [4.78, 5) is 38.6. The summed E-state index contributed by atoms with van der Waals surface area (Å²) in [7, 11) is 2.82. The van der Waals surface area contributed by atoms with Gasteiger partial charge in [0.25, 0.3) is 0 Å². The Hall–Kier alpha value is -4.00. The number of aromatic nitrogens is 1. The zero-order valence-corrected chi connectivity index (χ0v) is 22.9. The highest BCUT2D eigenvalue weighted by molar-refractivity contribution is 5.87. The molecule has 2 N–H and O–H groups in total. The fraction of sp³-hybridized carbons (Fsp3) is 0.481. The number of amides is 2. The first-order chi connectivity index (χ1) is 17.7. The molecular weight excluding hydrogens is 478 g/mol. The Bertz CT molecular complexity index is 909. The van der Waals surface area contributed by atoms with E-state index in [-0.39, 0.29) is 6.54 Å². The molecule has 2 aromatic rings. The SMILES string of the molecule is C#C.CC.CC(C)C.COC(=O)NCC(=O)N1CCC[C@H]1C(=O)O.COc1ccnc(-c2ccoc2)c1. The molecule has 0 bridgehead atoms. The summed E-state index contributed by atoms with van der Waals surface area (Å²) in [6.07, 6.45) is 13.4. The van der Waals surface area contributed by atoms with Crippen molar-refractivity contribution in [3.8, 4) is 29.9 Å². The number of terminal acetylenes is 1. The number of ether oxygens (including phenoxy) is 2. The van der Waals surface area contributed by atoms with E-state index >= 15 is 0 Å². The van der Waals surface area contributed by atoms with Gasteiger partial charge in [0.2, 0.25) is 5.91 Å². The van der Waals surface area contributed by atoms with Gasteiger partial charge in [-0.2, -0.15) is 0 Å². The van der Waals surface area contributed by atoms with E-state index in [2.05, 4.69) is 48.7 Å². The Morgan fingerprint density at radius 2 is 1.84 bits per heavy atom. The number of pyridine rings is 1. The minimum absolute atomic E-state index is 0.240. The van der Waals surface area contributed by atoms with Crippen LogP contribution < -0.4 is 10.1 Å². The van der Waals surface area contributed by atoms with E-state index < -0.39 is 24.0 Å². The lowest BCUT2D eigenvalue weighted by atomic mass is 10.2. The fourth-order valence-corrected chi connectivity index (χ4v) is 2.75. The third kappa shape index (κ3) is 14.9. The number of carbonyl (C=O) groups is 3. The highest BCUT2D eigenvalue weighted by Gasteiger charge is 2.33. The molecule has 1 fully saturated rings. The second kappa shape index (κ2) is 21.3. The van der Waals surface area contributed by atoms with Crippen LogP contribution in [0.1, 0.15) is 47.5 Å². The molecule has 0 aliphatic carbocycles. The maximum absolute atomic E-state index is 11.6. The van der Waals surface area contributed by atoms with E-state index in [1.54, 1.807) is 25.8 Å². The van der Waals surface area contributed by atoms with Crippen molar-refractivity contribution < 1.29 is 33.4 Å². The molecule has 2 aromatic heterocycles. The number of carboxylic acid groups (broad SMARTS) is 1. The smallest absolute Gasteiger partial charge is 0.407 e. The Morgan fingerprint density at radius 3 is 2.32 bits per heavy atom. The molecule has 0 unspecified atom stereocenters. The zero-order chi connectivity index (χ0) is 28.8. The highest BCUT2D eigenvalue weighted by Crippen LogP contribution is 2.21. The first-order valence-electron chi connectivity index (χ1n) is 11.9. The van der Waals surface area contributed by atoms with Crippen LogP contribution in [0.15, 0.2) is 41.3 Å². The average molecular weight is 520 g/mol.